The Morgan fingerprint density at radius 1 is 1.06 bits per heavy atom. The third-order valence-electron chi connectivity index (χ3n) is 7.38. The highest BCUT2D eigenvalue weighted by molar-refractivity contribution is 9.10. The largest absolute Gasteiger partial charge is 0.496 e. The van der Waals surface area contributed by atoms with Crippen molar-refractivity contribution in [3.63, 3.8) is 0 Å². The molecule has 1 fully saturated rings. The van der Waals surface area contributed by atoms with Crippen molar-refractivity contribution in [2.75, 3.05) is 13.7 Å². The number of hydrogen-bond donors (Lipinski definition) is 1. The summed E-state index contributed by atoms with van der Waals surface area (Å²) in [6.45, 7) is 1.96. The van der Waals surface area contributed by atoms with Crippen LogP contribution in [0.5, 0.6) is 5.75 Å². The maximum absolute atomic E-state index is 14.3. The fourth-order valence-corrected chi connectivity index (χ4v) is 6.32. The number of carbonyl (C=O) groups is 1. The molecule has 2 atom stereocenters. The zero-order chi connectivity index (χ0) is 24.3. The molecule has 176 valence electrons. The molecule has 1 N–H and O–H groups in total. The highest BCUT2D eigenvalue weighted by Gasteiger charge is 2.69. The summed E-state index contributed by atoms with van der Waals surface area (Å²) in [7, 11) is 1.61. The van der Waals surface area contributed by atoms with E-state index < -0.39 is 11.0 Å². The number of halogens is 3. The van der Waals surface area contributed by atoms with Crippen LogP contribution in [-0.4, -0.2) is 29.6 Å². The van der Waals surface area contributed by atoms with E-state index in [0.29, 0.717) is 21.4 Å². The first kappa shape index (κ1) is 23.7. The van der Waals surface area contributed by atoms with Crippen LogP contribution in [0.1, 0.15) is 52.9 Å². The molecule has 2 aliphatic rings. The van der Waals surface area contributed by atoms with Crippen molar-refractivity contribution in [3.05, 3.63) is 97.4 Å². The van der Waals surface area contributed by atoms with Gasteiger partial charge in [0.1, 0.15) is 11.3 Å². The number of hydrogen-bond acceptors (Lipinski definition) is 3. The number of aliphatic hydroxyl groups excluding tert-OH is 1. The lowest BCUT2D eigenvalue weighted by Crippen LogP contribution is -2.53. The van der Waals surface area contributed by atoms with Gasteiger partial charge in [0, 0.05) is 25.5 Å². The fraction of sp³-hybridized carbons (Fsp3) is 0.296. The lowest BCUT2D eigenvalue weighted by Gasteiger charge is -2.48. The SMILES string of the molecule is COc1cc(Br)cc2c1C(c1ccc(Cl)cc1)(C1(CO)CC1)N([C@@H](C)c1ccc(Cl)cc1)C2=O. The van der Waals surface area contributed by atoms with E-state index in [2.05, 4.69) is 15.9 Å². The number of carbonyl (C=O) groups excluding carboxylic acids is 1. The first-order valence-electron chi connectivity index (χ1n) is 11.1. The fourth-order valence-electron chi connectivity index (χ4n) is 5.63. The molecule has 1 amide bonds. The molecule has 0 aromatic heterocycles. The van der Waals surface area contributed by atoms with Crippen molar-refractivity contribution < 1.29 is 14.6 Å². The molecule has 5 rings (SSSR count). The van der Waals surface area contributed by atoms with Gasteiger partial charge in [-0.1, -0.05) is 63.4 Å². The van der Waals surface area contributed by atoms with Crippen LogP contribution in [0.2, 0.25) is 10.0 Å². The molecule has 7 heteroatoms. The first-order chi connectivity index (χ1) is 16.3. The Kier molecular flexibility index (Phi) is 5.96. The van der Waals surface area contributed by atoms with Crippen LogP contribution in [0, 0.1) is 5.41 Å². The van der Waals surface area contributed by atoms with Gasteiger partial charge in [-0.2, -0.15) is 0 Å². The van der Waals surface area contributed by atoms with Gasteiger partial charge >= 0.3 is 0 Å². The maximum Gasteiger partial charge on any atom is 0.255 e. The van der Waals surface area contributed by atoms with Crippen LogP contribution in [-0.2, 0) is 5.54 Å². The van der Waals surface area contributed by atoms with E-state index in [9.17, 15) is 9.90 Å². The summed E-state index contributed by atoms with van der Waals surface area (Å²) in [4.78, 5) is 16.2. The Morgan fingerprint density at radius 3 is 2.18 bits per heavy atom. The lowest BCUT2D eigenvalue weighted by molar-refractivity contribution is 0.00791. The zero-order valence-electron chi connectivity index (χ0n) is 18.8. The Bertz CT molecular complexity index is 1260. The Hall–Kier alpha value is -2.05. The summed E-state index contributed by atoms with van der Waals surface area (Å²) in [6.07, 6.45) is 1.56. The average Bonchev–Trinajstić information content (AvgIpc) is 3.59. The van der Waals surface area contributed by atoms with Gasteiger partial charge in [-0.3, -0.25) is 4.79 Å². The standard InChI is InChI=1S/C27H24BrCl2NO3/c1-16(17-3-7-20(29)8-4-17)31-25(33)22-13-19(28)14-23(34-2)24(22)27(31,26(15-32)11-12-26)18-5-9-21(30)10-6-18/h3-10,13-14,16,32H,11-12,15H2,1-2H3/t16-,27?/m0/s1. The van der Waals surface area contributed by atoms with E-state index in [1.807, 2.05) is 72.5 Å². The van der Waals surface area contributed by atoms with Crippen LogP contribution in [0.15, 0.2) is 65.1 Å². The molecule has 1 unspecified atom stereocenters. The highest BCUT2D eigenvalue weighted by atomic mass is 79.9. The van der Waals surface area contributed by atoms with Crippen LogP contribution in [0.3, 0.4) is 0 Å². The van der Waals surface area contributed by atoms with Gasteiger partial charge < -0.3 is 14.7 Å². The van der Waals surface area contributed by atoms with Crippen LogP contribution in [0.4, 0.5) is 0 Å². The molecule has 0 saturated heterocycles. The van der Waals surface area contributed by atoms with Crippen molar-refractivity contribution in [3.8, 4) is 5.75 Å². The van der Waals surface area contributed by atoms with Crippen molar-refractivity contribution in [2.24, 2.45) is 5.41 Å². The summed E-state index contributed by atoms with van der Waals surface area (Å²) >= 11 is 16.0. The topological polar surface area (TPSA) is 49.8 Å². The molecule has 1 aliphatic heterocycles. The minimum absolute atomic E-state index is 0.0641. The minimum Gasteiger partial charge on any atom is -0.496 e. The summed E-state index contributed by atoms with van der Waals surface area (Å²) < 4.78 is 6.63. The van der Waals surface area contributed by atoms with Gasteiger partial charge in [0.05, 0.1) is 25.3 Å². The average molecular weight is 561 g/mol. The minimum atomic E-state index is -0.941. The quantitative estimate of drug-likeness (QED) is 0.353. The van der Waals surface area contributed by atoms with E-state index >= 15 is 0 Å². The molecular formula is C27H24BrCl2NO3. The normalized spacial score (nSPS) is 21.4. The van der Waals surface area contributed by atoms with Gasteiger partial charge in [-0.25, -0.2) is 0 Å². The Morgan fingerprint density at radius 2 is 1.65 bits per heavy atom. The molecule has 1 aliphatic carbocycles. The summed E-state index contributed by atoms with van der Waals surface area (Å²) in [5, 5.41) is 12.0. The third kappa shape index (κ3) is 3.32. The van der Waals surface area contributed by atoms with Gasteiger partial charge in [0.15, 0.2) is 0 Å². The van der Waals surface area contributed by atoms with Crippen molar-refractivity contribution in [1.82, 2.24) is 4.90 Å². The molecular weight excluding hydrogens is 537 g/mol. The number of amides is 1. The van der Waals surface area contributed by atoms with Crippen LogP contribution >= 0.6 is 39.1 Å². The second-order valence-corrected chi connectivity index (χ2v) is 10.9. The van der Waals surface area contributed by atoms with Crippen LogP contribution < -0.4 is 4.74 Å². The number of nitrogens with zero attached hydrogens (tertiary/aromatic N) is 1. The molecule has 0 spiro atoms. The number of rotatable bonds is 6. The van der Waals surface area contributed by atoms with E-state index in [1.165, 1.54) is 0 Å². The van der Waals surface area contributed by atoms with Crippen LogP contribution in [0.25, 0.3) is 0 Å². The maximum atomic E-state index is 14.3. The molecule has 3 aromatic rings. The van der Waals surface area contributed by atoms with E-state index in [-0.39, 0.29) is 18.6 Å². The monoisotopic (exact) mass is 559 g/mol. The van der Waals surface area contributed by atoms with E-state index in [1.54, 1.807) is 7.11 Å². The van der Waals surface area contributed by atoms with Gasteiger partial charge in [-0.05, 0) is 67.3 Å². The molecule has 1 heterocycles. The molecule has 3 aromatic carbocycles. The second kappa shape index (κ2) is 8.56. The molecule has 34 heavy (non-hydrogen) atoms. The first-order valence-corrected chi connectivity index (χ1v) is 12.7. The predicted octanol–water partition coefficient (Wildman–Crippen LogP) is 7.00. The number of methoxy groups -OCH3 is 1. The lowest BCUT2D eigenvalue weighted by atomic mass is 9.69. The zero-order valence-corrected chi connectivity index (χ0v) is 21.9. The molecule has 0 radical (unpaired) electrons. The second-order valence-electron chi connectivity index (χ2n) is 9.09. The Balaban J connectivity index is 1.87. The molecule has 1 saturated carbocycles. The van der Waals surface area contributed by atoms with Crippen molar-refractivity contribution >= 4 is 45.0 Å². The molecule has 4 nitrogen and oxygen atoms in total. The summed E-state index contributed by atoms with van der Waals surface area (Å²) in [5.74, 6) is 0.505. The predicted molar refractivity (Wildman–Crippen MR) is 138 cm³/mol. The van der Waals surface area contributed by atoms with E-state index in [4.69, 9.17) is 27.9 Å². The number of ether oxygens (including phenoxy) is 1. The van der Waals surface area contributed by atoms with Gasteiger partial charge in [0.2, 0.25) is 0 Å². The molecule has 0 bridgehead atoms. The smallest absolute Gasteiger partial charge is 0.255 e. The number of aliphatic hydroxyl groups is 1. The van der Waals surface area contributed by atoms with Crippen molar-refractivity contribution in [2.45, 2.75) is 31.3 Å². The third-order valence-corrected chi connectivity index (χ3v) is 8.35. The summed E-state index contributed by atoms with van der Waals surface area (Å²) in [6, 6.07) is 18.6. The number of benzene rings is 3. The van der Waals surface area contributed by atoms with E-state index in [0.717, 1.165) is 34.0 Å². The van der Waals surface area contributed by atoms with Gasteiger partial charge in [-0.15, -0.1) is 0 Å². The summed E-state index contributed by atoms with van der Waals surface area (Å²) in [5.41, 5.74) is 1.72. The Labute approximate surface area is 217 Å². The van der Waals surface area contributed by atoms with Crippen molar-refractivity contribution in [1.29, 1.82) is 0 Å². The van der Waals surface area contributed by atoms with Gasteiger partial charge in [0.25, 0.3) is 5.91 Å². The number of fused-ring (bicyclic) bond motifs is 1. The highest BCUT2D eigenvalue weighted by Crippen LogP contribution is 2.69.